The van der Waals surface area contributed by atoms with E-state index in [1.807, 2.05) is 0 Å². The second-order valence-corrected chi connectivity index (χ2v) is 5.20. The number of hydrogen-bond donors (Lipinski definition) is 0. The molecule has 48 valence electrons. The second-order valence-electron chi connectivity index (χ2n) is 1.01. The van der Waals surface area contributed by atoms with Crippen molar-refractivity contribution in [3.8, 4) is 0 Å². The molecule has 6 nitrogen and oxygen atoms in total. The molecule has 0 radical (unpaired) electrons. The van der Waals surface area contributed by atoms with Gasteiger partial charge in [-0.3, -0.25) is 0 Å². The van der Waals surface area contributed by atoms with Crippen molar-refractivity contribution in [2.75, 3.05) is 0 Å². The monoisotopic (exact) mass is 241 g/mol. The van der Waals surface area contributed by atoms with E-state index < -0.39 is 22.3 Å². The molecule has 0 aliphatic carbocycles. The topological polar surface area (TPSA) is 88.3 Å². The normalized spacial score (nSPS) is 6.00. The van der Waals surface area contributed by atoms with Crippen LogP contribution in [0.4, 0.5) is 0 Å². The van der Waals surface area contributed by atoms with Crippen LogP contribution in [-0.4, -0.2) is 40.5 Å². The first-order chi connectivity index (χ1) is 4.85. The maximum atomic E-state index is 9.55. The molecule has 0 aromatic rings. The predicted molar refractivity (Wildman–Crippen MR) is 30.1 cm³/mol. The Morgan fingerprint density at radius 1 is 0.800 bits per heavy atom. The fraction of sp³-hybridized carbons (Fsp3) is 0. The summed E-state index contributed by atoms with van der Waals surface area (Å²) < 4.78 is 9.15. The standard InChI is InChI=1S/3CNO.In/c3*2-1-3;/q3*-1;+3. The third kappa shape index (κ3) is 3.95. The van der Waals surface area contributed by atoms with Gasteiger partial charge in [0.15, 0.2) is 0 Å². The average molecular weight is 241 g/mol. The molecular weight excluding hydrogens is 241 g/mol. The van der Waals surface area contributed by atoms with Crippen molar-refractivity contribution in [2.24, 2.45) is 8.94 Å². The fourth-order valence-electron chi connectivity index (χ4n) is 0.228. The van der Waals surface area contributed by atoms with Crippen LogP contribution in [0.15, 0.2) is 8.94 Å². The molecule has 0 bridgehead atoms. The Labute approximate surface area is 64.1 Å². The van der Waals surface area contributed by atoms with Gasteiger partial charge in [0.25, 0.3) is 0 Å². The molecule has 0 saturated heterocycles. The van der Waals surface area contributed by atoms with E-state index in [0.717, 1.165) is 18.2 Å². The summed E-state index contributed by atoms with van der Waals surface area (Å²) in [6.07, 6.45) is 3.48. The molecule has 0 rings (SSSR count). The van der Waals surface area contributed by atoms with E-state index in [1.165, 1.54) is 0 Å². The predicted octanol–water partition coefficient (Wildman–Crippen LogP) is -1.02. The zero-order valence-electron chi connectivity index (χ0n) is 4.64. The summed E-state index contributed by atoms with van der Waals surface area (Å²) in [6, 6.07) is 0. The summed E-state index contributed by atoms with van der Waals surface area (Å²) >= 11 is -3.28. The Morgan fingerprint density at radius 2 is 1.10 bits per heavy atom. The van der Waals surface area contributed by atoms with Gasteiger partial charge in [0.2, 0.25) is 0 Å². The van der Waals surface area contributed by atoms with Crippen LogP contribution in [0.25, 0.3) is 0 Å². The van der Waals surface area contributed by atoms with Crippen molar-refractivity contribution in [1.29, 1.82) is 0 Å². The van der Waals surface area contributed by atoms with Crippen molar-refractivity contribution in [1.82, 2.24) is 0 Å². The first kappa shape index (κ1) is 9.01. The Morgan fingerprint density at radius 3 is 1.30 bits per heavy atom. The summed E-state index contributed by atoms with van der Waals surface area (Å²) in [7, 11) is 0. The van der Waals surface area contributed by atoms with Crippen LogP contribution < -0.4 is 0 Å². The van der Waals surface area contributed by atoms with Crippen LogP contribution in [0.5, 0.6) is 0 Å². The Hall–Kier alpha value is -0.990. The van der Waals surface area contributed by atoms with E-state index in [1.54, 1.807) is 0 Å². The molecule has 0 saturated carbocycles. The molecule has 0 amide bonds. The average Bonchev–Trinajstić information content (AvgIpc) is 1.90. The first-order valence-electron chi connectivity index (χ1n) is 2.06. The summed E-state index contributed by atoms with van der Waals surface area (Å²) in [5, 5.41) is 0. The molecule has 0 aromatic heterocycles. The molecule has 0 spiro atoms. The molecule has 0 atom stereocenters. The molecule has 0 aliphatic heterocycles. The van der Waals surface area contributed by atoms with Gasteiger partial charge in [0, 0.05) is 0 Å². The van der Waals surface area contributed by atoms with Crippen molar-refractivity contribution >= 4 is 40.5 Å². The molecule has 7 heteroatoms. The molecule has 0 fully saturated rings. The number of hydrogen-bond acceptors (Lipinski definition) is 6. The van der Waals surface area contributed by atoms with Crippen LogP contribution in [-0.2, 0) is 14.4 Å². The third-order valence-corrected chi connectivity index (χ3v) is 3.38. The molecule has 10 heavy (non-hydrogen) atoms. The second kappa shape index (κ2) is 6.13. The Kier molecular flexibility index (Phi) is 5.53. The van der Waals surface area contributed by atoms with Crippen LogP contribution in [0.3, 0.4) is 0 Å². The number of nitrogens with zero attached hydrogens (tertiary/aromatic N) is 3. The van der Waals surface area contributed by atoms with E-state index in [9.17, 15) is 14.4 Å². The van der Waals surface area contributed by atoms with Crippen molar-refractivity contribution < 1.29 is 14.4 Å². The van der Waals surface area contributed by atoms with Crippen molar-refractivity contribution in [3.63, 3.8) is 0 Å². The number of carbonyl (C=O) groups excluding carboxylic acids is 3. The van der Waals surface area contributed by atoms with Crippen LogP contribution in [0.1, 0.15) is 0 Å². The summed E-state index contributed by atoms with van der Waals surface area (Å²) in [4.78, 5) is 28.6. The molecule has 0 unspecified atom stereocenters. The van der Waals surface area contributed by atoms with Gasteiger partial charge in [-0.05, 0) is 0 Å². The first-order valence-corrected chi connectivity index (χ1v) is 6.48. The van der Waals surface area contributed by atoms with Crippen LogP contribution in [0.2, 0.25) is 0 Å². The molecule has 0 aromatic carbocycles. The minimum absolute atomic E-state index is 1.16. The Bertz CT molecular complexity index is 203. The van der Waals surface area contributed by atoms with Crippen molar-refractivity contribution in [2.45, 2.75) is 0 Å². The van der Waals surface area contributed by atoms with Gasteiger partial charge in [0.1, 0.15) is 0 Å². The minimum atomic E-state index is -3.28. The summed E-state index contributed by atoms with van der Waals surface area (Å²) in [5.74, 6) is 0. The van der Waals surface area contributed by atoms with Gasteiger partial charge in [0.05, 0.1) is 0 Å². The fourth-order valence-corrected chi connectivity index (χ4v) is 1.53. The van der Waals surface area contributed by atoms with Gasteiger partial charge in [-0.15, -0.1) is 0 Å². The van der Waals surface area contributed by atoms with Gasteiger partial charge < -0.3 is 0 Å². The van der Waals surface area contributed by atoms with Crippen molar-refractivity contribution in [3.05, 3.63) is 0 Å². The molecule has 0 heterocycles. The van der Waals surface area contributed by atoms with Gasteiger partial charge >= 0.3 is 63.9 Å². The zero-order valence-corrected chi connectivity index (χ0v) is 7.94. The molecule has 0 aliphatic rings. The van der Waals surface area contributed by atoms with Crippen LogP contribution in [0, 0.1) is 0 Å². The Balaban J connectivity index is 4.39. The van der Waals surface area contributed by atoms with Gasteiger partial charge in [-0.25, -0.2) is 0 Å². The third-order valence-electron chi connectivity index (χ3n) is 0.505. The van der Waals surface area contributed by atoms with Gasteiger partial charge in [-0.2, -0.15) is 0 Å². The van der Waals surface area contributed by atoms with E-state index in [0.29, 0.717) is 0 Å². The molecule has 0 N–H and O–H groups in total. The number of isocyanates is 3. The zero-order chi connectivity index (χ0) is 7.82. The number of rotatable bonds is 3. The van der Waals surface area contributed by atoms with Crippen LogP contribution >= 0.6 is 0 Å². The summed E-state index contributed by atoms with van der Waals surface area (Å²) in [5.41, 5.74) is 0. The quantitative estimate of drug-likeness (QED) is 0.467. The van der Waals surface area contributed by atoms with E-state index in [4.69, 9.17) is 0 Å². The maximum absolute atomic E-state index is 9.55. The molecular formula is C3InN3O3. The van der Waals surface area contributed by atoms with E-state index >= 15 is 0 Å². The van der Waals surface area contributed by atoms with E-state index in [-0.39, 0.29) is 0 Å². The van der Waals surface area contributed by atoms with E-state index in [2.05, 4.69) is 8.94 Å². The summed E-state index contributed by atoms with van der Waals surface area (Å²) in [6.45, 7) is 0. The van der Waals surface area contributed by atoms with Gasteiger partial charge in [-0.1, -0.05) is 0 Å². The SMILES string of the molecule is O=C=[N][In]([N]=C=O)[N]=C=O.